The molecule has 0 saturated heterocycles. The predicted molar refractivity (Wildman–Crippen MR) is 230 cm³/mol. The average molecular weight is 690 g/mol. The fraction of sp³-hybridized carbons (Fsp3) is 0. The molecule has 7 aromatic carbocycles. The van der Waals surface area contributed by atoms with Gasteiger partial charge in [0.2, 0.25) is 0 Å². The van der Waals surface area contributed by atoms with Crippen LogP contribution in [0.25, 0.3) is 94.7 Å². The lowest BCUT2D eigenvalue weighted by atomic mass is 9.60. The summed E-state index contributed by atoms with van der Waals surface area (Å²) in [4.78, 5) is 14.7. The average Bonchev–Trinajstić information content (AvgIpc) is 3.79. The quantitative estimate of drug-likeness (QED) is 0.224. The standard InChI is InChI=1S/C45H23B5N4O/c46-36-35(37(47)39(49)40(50)38(36)48)45-52-43(25-13-5-2-6-14-25)51-44(53-45)30-18-9-16-28-29-17-10-20-34(42(29)55-41(28)30)54-32-19-8-7-15-27(32)31-23-26(21-22-33(31)54)24-11-3-1-4-12-24/h1-23H. The van der Waals surface area contributed by atoms with Crippen LogP contribution in [0.1, 0.15) is 0 Å². The summed E-state index contributed by atoms with van der Waals surface area (Å²) in [6, 6.07) is 47.3. The van der Waals surface area contributed by atoms with E-state index >= 15 is 0 Å². The van der Waals surface area contributed by atoms with Gasteiger partial charge in [-0.05, 0) is 41.5 Å². The first-order valence-corrected chi connectivity index (χ1v) is 17.7. The van der Waals surface area contributed by atoms with Gasteiger partial charge in [0.25, 0.3) is 0 Å². The molecule has 0 aliphatic heterocycles. The SMILES string of the molecule is [B]c1c([B])c([B])c(-c2nc(-c3ccccc3)nc(-c3cccc4c3oc3c(-n5c6ccccc6c6cc(-c7ccccc7)ccc65)cccc34)n2)c([B])c1[B]. The van der Waals surface area contributed by atoms with E-state index in [1.807, 2.05) is 54.6 Å². The minimum atomic E-state index is 0.109. The Bertz CT molecular complexity index is 3130. The Morgan fingerprint density at radius 3 is 1.71 bits per heavy atom. The van der Waals surface area contributed by atoms with Crippen LogP contribution < -0.4 is 27.3 Å². The minimum absolute atomic E-state index is 0.109. The van der Waals surface area contributed by atoms with Crippen molar-refractivity contribution in [2.75, 3.05) is 0 Å². The second-order valence-electron chi connectivity index (χ2n) is 13.5. The van der Waals surface area contributed by atoms with Crippen LogP contribution in [-0.2, 0) is 0 Å². The van der Waals surface area contributed by atoms with Crippen molar-refractivity contribution in [2.24, 2.45) is 0 Å². The highest BCUT2D eigenvalue weighted by Crippen LogP contribution is 2.41. The first-order chi connectivity index (χ1) is 26.9. The van der Waals surface area contributed by atoms with E-state index in [-0.39, 0.29) is 38.7 Å². The van der Waals surface area contributed by atoms with Gasteiger partial charge in [-0.15, -0.1) is 16.4 Å². The summed E-state index contributed by atoms with van der Waals surface area (Å²) in [5, 5.41) is 4.16. The van der Waals surface area contributed by atoms with Gasteiger partial charge >= 0.3 is 0 Å². The van der Waals surface area contributed by atoms with E-state index in [1.165, 1.54) is 5.56 Å². The molecular weight excluding hydrogens is 667 g/mol. The Kier molecular flexibility index (Phi) is 7.70. The summed E-state index contributed by atoms with van der Waals surface area (Å²) in [6.45, 7) is 0. The molecule has 244 valence electrons. The molecule has 0 fully saturated rings. The van der Waals surface area contributed by atoms with Gasteiger partial charge in [-0.3, -0.25) is 0 Å². The van der Waals surface area contributed by atoms with Crippen LogP contribution in [0.3, 0.4) is 0 Å². The number of para-hydroxylation sites is 3. The Labute approximate surface area is 323 Å². The minimum Gasteiger partial charge on any atom is -0.453 e. The number of hydrogen-bond donors (Lipinski definition) is 0. The Morgan fingerprint density at radius 2 is 0.964 bits per heavy atom. The summed E-state index contributed by atoms with van der Waals surface area (Å²) < 4.78 is 9.23. The van der Waals surface area contributed by atoms with Crippen molar-refractivity contribution < 1.29 is 4.42 Å². The van der Waals surface area contributed by atoms with Crippen LogP contribution in [0.2, 0.25) is 0 Å². The monoisotopic (exact) mass is 690 g/mol. The van der Waals surface area contributed by atoms with Gasteiger partial charge < -0.3 is 8.98 Å². The smallest absolute Gasteiger partial charge is 0.167 e. The van der Waals surface area contributed by atoms with Crippen molar-refractivity contribution in [3.05, 3.63) is 140 Å². The lowest BCUT2D eigenvalue weighted by molar-refractivity contribution is 0.667. The van der Waals surface area contributed by atoms with Gasteiger partial charge in [0.05, 0.1) is 22.3 Å². The van der Waals surface area contributed by atoms with E-state index in [0.29, 0.717) is 22.8 Å². The molecule has 10 aromatic rings. The molecular formula is C45H23B5N4O. The zero-order chi connectivity index (χ0) is 37.4. The van der Waals surface area contributed by atoms with Gasteiger partial charge in [0.1, 0.15) is 44.8 Å². The molecule has 10 rings (SSSR count). The Hall–Kier alpha value is -6.53. The lowest BCUT2D eigenvalue weighted by Crippen LogP contribution is -2.55. The van der Waals surface area contributed by atoms with E-state index < -0.39 is 0 Å². The van der Waals surface area contributed by atoms with Gasteiger partial charge in [-0.2, -0.15) is 0 Å². The summed E-state index contributed by atoms with van der Waals surface area (Å²) in [7, 11) is 31.8. The van der Waals surface area contributed by atoms with E-state index in [4.69, 9.17) is 58.6 Å². The van der Waals surface area contributed by atoms with E-state index in [9.17, 15) is 0 Å². The molecule has 0 unspecified atom stereocenters. The van der Waals surface area contributed by atoms with E-state index in [0.717, 1.165) is 55.0 Å². The molecule has 0 aliphatic carbocycles. The highest BCUT2D eigenvalue weighted by atomic mass is 16.3. The second-order valence-corrected chi connectivity index (χ2v) is 13.5. The summed E-state index contributed by atoms with van der Waals surface area (Å²) in [5.74, 6) is 0.960. The number of hydrogen-bond acceptors (Lipinski definition) is 4. The molecule has 10 heteroatoms. The normalized spacial score (nSPS) is 11.6. The van der Waals surface area contributed by atoms with Crippen LogP contribution >= 0.6 is 0 Å². The second kappa shape index (κ2) is 12.8. The lowest BCUT2D eigenvalue weighted by Gasteiger charge is -2.20. The van der Waals surface area contributed by atoms with Crippen molar-refractivity contribution in [3.8, 4) is 51.0 Å². The van der Waals surface area contributed by atoms with Crippen molar-refractivity contribution in [1.29, 1.82) is 0 Å². The maximum Gasteiger partial charge on any atom is 0.167 e. The van der Waals surface area contributed by atoms with Crippen molar-refractivity contribution in [3.63, 3.8) is 0 Å². The van der Waals surface area contributed by atoms with E-state index in [1.54, 1.807) is 0 Å². The van der Waals surface area contributed by atoms with Gasteiger partial charge in [0, 0.05) is 32.7 Å². The third-order valence-electron chi connectivity index (χ3n) is 10.4. The predicted octanol–water partition coefficient (Wildman–Crippen LogP) is 5.51. The Morgan fingerprint density at radius 1 is 0.400 bits per heavy atom. The molecule has 0 spiro atoms. The topological polar surface area (TPSA) is 56.7 Å². The van der Waals surface area contributed by atoms with Crippen LogP contribution in [0.4, 0.5) is 0 Å². The Balaban J connectivity index is 1.22. The highest BCUT2D eigenvalue weighted by molar-refractivity contribution is 6.68. The van der Waals surface area contributed by atoms with Crippen LogP contribution in [0.5, 0.6) is 0 Å². The summed E-state index contributed by atoms with van der Waals surface area (Å²) >= 11 is 0. The largest absolute Gasteiger partial charge is 0.453 e. The fourth-order valence-electron chi connectivity index (χ4n) is 7.62. The third kappa shape index (κ3) is 5.19. The molecule has 0 amide bonds. The molecule has 0 aliphatic rings. The van der Waals surface area contributed by atoms with Gasteiger partial charge in [0.15, 0.2) is 23.1 Å². The number of rotatable bonds is 5. The zero-order valence-corrected chi connectivity index (χ0v) is 29.4. The third-order valence-corrected chi connectivity index (χ3v) is 10.4. The van der Waals surface area contributed by atoms with Crippen molar-refractivity contribution in [2.45, 2.75) is 0 Å². The van der Waals surface area contributed by atoms with Gasteiger partial charge in [-0.1, -0.05) is 120 Å². The molecule has 0 N–H and O–H groups in total. The first-order valence-electron chi connectivity index (χ1n) is 17.7. The van der Waals surface area contributed by atoms with Gasteiger partial charge in [-0.25, -0.2) is 15.0 Å². The maximum absolute atomic E-state index is 6.95. The molecule has 0 saturated carbocycles. The van der Waals surface area contributed by atoms with E-state index in [2.05, 4.69) is 89.5 Å². The number of nitrogens with zero attached hydrogens (tertiary/aromatic N) is 4. The van der Waals surface area contributed by atoms with Crippen LogP contribution in [0.15, 0.2) is 144 Å². The molecule has 0 atom stereocenters. The summed E-state index contributed by atoms with van der Waals surface area (Å²) in [5.41, 5.74) is 9.02. The van der Waals surface area contributed by atoms with Crippen molar-refractivity contribution in [1.82, 2.24) is 19.5 Å². The van der Waals surface area contributed by atoms with Crippen LogP contribution in [-0.4, -0.2) is 58.8 Å². The van der Waals surface area contributed by atoms with Crippen LogP contribution in [0, 0.1) is 0 Å². The highest BCUT2D eigenvalue weighted by Gasteiger charge is 2.23. The molecule has 3 heterocycles. The molecule has 5 nitrogen and oxygen atoms in total. The summed E-state index contributed by atoms with van der Waals surface area (Å²) in [6.07, 6.45) is 0. The zero-order valence-electron chi connectivity index (χ0n) is 29.4. The first kappa shape index (κ1) is 33.1. The number of fused-ring (bicyclic) bond motifs is 6. The number of aromatic nitrogens is 4. The van der Waals surface area contributed by atoms with Crippen molar-refractivity contribution >= 4 is 110 Å². The molecule has 3 aromatic heterocycles. The fourth-order valence-corrected chi connectivity index (χ4v) is 7.62. The number of furan rings is 1. The molecule has 0 bridgehead atoms. The molecule has 55 heavy (non-hydrogen) atoms. The number of benzene rings is 7. The maximum atomic E-state index is 6.95. The molecule has 10 radical (unpaired) electrons.